The van der Waals surface area contributed by atoms with Crippen LogP contribution in [-0.4, -0.2) is 63.8 Å². The molecule has 0 saturated carbocycles. The summed E-state index contributed by atoms with van der Waals surface area (Å²) in [5.74, 6) is 1.57. The number of tetrazole rings is 1. The Hall–Kier alpha value is -4.87. The summed E-state index contributed by atoms with van der Waals surface area (Å²) in [6.45, 7) is 5.46. The fraction of sp³-hybridized carbons (Fsp3) is 0.345. The van der Waals surface area contributed by atoms with E-state index in [9.17, 15) is 9.59 Å². The van der Waals surface area contributed by atoms with E-state index >= 15 is 0 Å². The molecular weight excluding hydrogens is 528 g/mol. The van der Waals surface area contributed by atoms with Crippen LogP contribution in [0.3, 0.4) is 0 Å². The van der Waals surface area contributed by atoms with Gasteiger partial charge in [0.25, 0.3) is 5.91 Å². The molecule has 1 N–H and O–H groups in total. The van der Waals surface area contributed by atoms with Crippen LogP contribution in [0.1, 0.15) is 38.1 Å². The predicted octanol–water partition coefficient (Wildman–Crippen LogP) is 3.64. The molecule has 2 aromatic carbocycles. The zero-order chi connectivity index (χ0) is 29.6. The number of rotatable bonds is 11. The fourth-order valence-corrected chi connectivity index (χ4v) is 4.17. The average molecular weight is 563 g/mol. The van der Waals surface area contributed by atoms with Gasteiger partial charge in [-0.2, -0.15) is 4.80 Å². The molecule has 0 aliphatic carbocycles. The Balaban J connectivity index is 1.66. The van der Waals surface area contributed by atoms with Gasteiger partial charge in [0, 0.05) is 17.6 Å². The van der Waals surface area contributed by atoms with Crippen molar-refractivity contribution >= 4 is 11.8 Å². The van der Waals surface area contributed by atoms with E-state index < -0.39 is 17.5 Å². The average Bonchev–Trinajstić information content (AvgIpc) is 3.64. The van der Waals surface area contributed by atoms with E-state index in [4.69, 9.17) is 18.6 Å². The third-order valence-corrected chi connectivity index (χ3v) is 6.07. The summed E-state index contributed by atoms with van der Waals surface area (Å²) in [4.78, 5) is 30.1. The van der Waals surface area contributed by atoms with Crippen molar-refractivity contribution in [1.29, 1.82) is 0 Å². The second-order valence-corrected chi connectivity index (χ2v) is 10.2. The predicted molar refractivity (Wildman–Crippen MR) is 149 cm³/mol. The molecule has 2 amide bonds. The van der Waals surface area contributed by atoms with Gasteiger partial charge in [-0.05, 0) is 74.0 Å². The van der Waals surface area contributed by atoms with Crippen molar-refractivity contribution in [2.75, 3.05) is 21.3 Å². The highest BCUT2D eigenvalue weighted by Crippen LogP contribution is 2.31. The van der Waals surface area contributed by atoms with Gasteiger partial charge in [0.15, 0.2) is 17.5 Å². The Morgan fingerprint density at radius 2 is 1.73 bits per heavy atom. The number of ether oxygens (including phenoxy) is 3. The molecule has 0 bridgehead atoms. The monoisotopic (exact) mass is 562 g/mol. The second-order valence-electron chi connectivity index (χ2n) is 10.2. The van der Waals surface area contributed by atoms with Crippen molar-refractivity contribution in [3.05, 3.63) is 72.2 Å². The first-order chi connectivity index (χ1) is 19.6. The number of benzene rings is 2. The topological polar surface area (TPSA) is 134 Å². The maximum atomic E-state index is 13.9. The second kappa shape index (κ2) is 12.5. The van der Waals surface area contributed by atoms with Crippen molar-refractivity contribution in [3.63, 3.8) is 0 Å². The van der Waals surface area contributed by atoms with Crippen LogP contribution in [0.5, 0.6) is 17.2 Å². The molecule has 0 aliphatic heterocycles. The maximum Gasteiger partial charge on any atom is 0.251 e. The van der Waals surface area contributed by atoms with Gasteiger partial charge in [-0.1, -0.05) is 12.1 Å². The zero-order valence-electron chi connectivity index (χ0n) is 24.0. The van der Waals surface area contributed by atoms with Crippen LogP contribution >= 0.6 is 0 Å². The Labute approximate surface area is 238 Å². The van der Waals surface area contributed by atoms with Gasteiger partial charge in [0.1, 0.15) is 18.1 Å². The third-order valence-electron chi connectivity index (χ3n) is 6.07. The van der Waals surface area contributed by atoms with Crippen molar-refractivity contribution in [2.45, 2.75) is 45.4 Å². The molecule has 0 aliphatic rings. The molecule has 12 nitrogen and oxygen atoms in total. The van der Waals surface area contributed by atoms with Crippen LogP contribution in [0.25, 0.3) is 11.4 Å². The number of carbonyl (C=O) groups is 2. The molecule has 0 saturated heterocycles. The maximum absolute atomic E-state index is 13.9. The molecule has 1 unspecified atom stereocenters. The summed E-state index contributed by atoms with van der Waals surface area (Å²) < 4.78 is 21.6. The number of carbonyl (C=O) groups excluding carboxylic acids is 2. The summed E-state index contributed by atoms with van der Waals surface area (Å²) >= 11 is 0. The van der Waals surface area contributed by atoms with E-state index in [2.05, 4.69) is 20.7 Å². The number of aromatic nitrogens is 4. The summed E-state index contributed by atoms with van der Waals surface area (Å²) in [7, 11) is 4.66. The number of hydrogen-bond acceptors (Lipinski definition) is 9. The first-order valence-electron chi connectivity index (χ1n) is 12.9. The molecule has 216 valence electrons. The Bertz CT molecular complexity index is 1460. The highest BCUT2D eigenvalue weighted by atomic mass is 16.5. The molecule has 0 radical (unpaired) electrons. The quantitative estimate of drug-likeness (QED) is 0.291. The standard InChI is InChI=1S/C29H34N6O6/c1-29(2,3)30-28(37)26(23-8-7-15-41-23)34(17-19-9-12-21(38-4)13-10-19)25(36)18-35-32-27(31-33-35)20-11-14-22(39-5)24(16-20)40-6/h7-16,26H,17-18H2,1-6H3,(H,30,37). The van der Waals surface area contributed by atoms with Crippen molar-refractivity contribution in [1.82, 2.24) is 30.4 Å². The van der Waals surface area contributed by atoms with Crippen LogP contribution in [0.2, 0.25) is 0 Å². The van der Waals surface area contributed by atoms with E-state index in [1.165, 1.54) is 23.1 Å². The molecule has 41 heavy (non-hydrogen) atoms. The number of hydrogen-bond donors (Lipinski definition) is 1. The molecule has 12 heteroatoms. The Morgan fingerprint density at radius 1 is 1.00 bits per heavy atom. The molecule has 2 heterocycles. The molecule has 4 rings (SSSR count). The summed E-state index contributed by atoms with van der Waals surface area (Å²) in [5, 5.41) is 15.6. The minimum absolute atomic E-state index is 0.114. The van der Waals surface area contributed by atoms with E-state index in [1.54, 1.807) is 56.7 Å². The van der Waals surface area contributed by atoms with Gasteiger partial charge in [-0.25, -0.2) is 0 Å². The molecule has 1 atom stereocenters. The largest absolute Gasteiger partial charge is 0.497 e. The SMILES string of the molecule is COc1ccc(CN(C(=O)Cn2nnc(-c3ccc(OC)c(OC)c3)n2)C(C(=O)NC(C)(C)C)c2ccco2)cc1. The lowest BCUT2D eigenvalue weighted by atomic mass is 10.1. The van der Waals surface area contributed by atoms with Gasteiger partial charge in [0.05, 0.1) is 27.6 Å². The van der Waals surface area contributed by atoms with E-state index in [0.717, 1.165) is 5.56 Å². The molecule has 2 aromatic heterocycles. The van der Waals surface area contributed by atoms with Crippen molar-refractivity contribution < 1.29 is 28.2 Å². The van der Waals surface area contributed by atoms with Crippen LogP contribution in [0.15, 0.2) is 65.3 Å². The summed E-state index contributed by atoms with van der Waals surface area (Å²) in [6.07, 6.45) is 1.47. The minimum Gasteiger partial charge on any atom is -0.497 e. The Morgan fingerprint density at radius 3 is 2.34 bits per heavy atom. The van der Waals surface area contributed by atoms with Gasteiger partial charge in [-0.3, -0.25) is 9.59 Å². The zero-order valence-corrected chi connectivity index (χ0v) is 24.0. The van der Waals surface area contributed by atoms with Crippen LogP contribution in [-0.2, 0) is 22.7 Å². The van der Waals surface area contributed by atoms with E-state index in [-0.39, 0.29) is 19.0 Å². The number of nitrogens with one attached hydrogen (secondary N) is 1. The first kappa shape index (κ1) is 29.1. The highest BCUT2D eigenvalue weighted by Gasteiger charge is 2.35. The fourth-order valence-electron chi connectivity index (χ4n) is 4.17. The highest BCUT2D eigenvalue weighted by molar-refractivity contribution is 5.88. The Kier molecular flexibility index (Phi) is 8.91. The smallest absolute Gasteiger partial charge is 0.251 e. The first-order valence-corrected chi connectivity index (χ1v) is 12.9. The van der Waals surface area contributed by atoms with Gasteiger partial charge < -0.3 is 28.8 Å². The third kappa shape index (κ3) is 7.21. The van der Waals surface area contributed by atoms with E-state index in [0.29, 0.717) is 34.4 Å². The molecular formula is C29H34N6O6. The number of nitrogens with zero attached hydrogens (tertiary/aromatic N) is 5. The lowest BCUT2D eigenvalue weighted by Crippen LogP contribution is -2.49. The van der Waals surface area contributed by atoms with Crippen LogP contribution in [0, 0.1) is 0 Å². The van der Waals surface area contributed by atoms with Gasteiger partial charge in [0.2, 0.25) is 11.7 Å². The number of amides is 2. The van der Waals surface area contributed by atoms with Crippen LogP contribution in [0.4, 0.5) is 0 Å². The van der Waals surface area contributed by atoms with Crippen molar-refractivity contribution in [2.24, 2.45) is 0 Å². The normalized spacial score (nSPS) is 12.0. The number of furan rings is 1. The lowest BCUT2D eigenvalue weighted by Gasteiger charge is -2.32. The summed E-state index contributed by atoms with van der Waals surface area (Å²) in [5.41, 5.74) is 0.879. The van der Waals surface area contributed by atoms with Gasteiger partial charge >= 0.3 is 0 Å². The van der Waals surface area contributed by atoms with Crippen molar-refractivity contribution in [3.8, 4) is 28.6 Å². The van der Waals surface area contributed by atoms with Gasteiger partial charge in [-0.15, -0.1) is 10.2 Å². The van der Waals surface area contributed by atoms with E-state index in [1.807, 2.05) is 32.9 Å². The minimum atomic E-state index is -1.05. The molecule has 4 aromatic rings. The lowest BCUT2D eigenvalue weighted by molar-refractivity contribution is -0.143. The summed E-state index contributed by atoms with van der Waals surface area (Å²) in [6, 6.07) is 14.8. The molecule has 0 fully saturated rings. The number of methoxy groups -OCH3 is 3. The molecule has 0 spiro atoms. The van der Waals surface area contributed by atoms with Crippen LogP contribution < -0.4 is 19.5 Å².